The minimum absolute atomic E-state index is 0. The second kappa shape index (κ2) is 8.27. The van der Waals surface area contributed by atoms with Gasteiger partial charge < -0.3 is 20.0 Å². The molecule has 1 N–H and O–H groups in total. The van der Waals surface area contributed by atoms with E-state index in [-0.39, 0.29) is 43.5 Å². The number of ether oxygens (including phenoxy) is 1. The van der Waals surface area contributed by atoms with Crippen LogP contribution >= 0.6 is 24.0 Å². The Balaban J connectivity index is -0.000000720. The third-order valence-corrected chi connectivity index (χ3v) is 0.975. The molecule has 1 atom stereocenters. The van der Waals surface area contributed by atoms with Gasteiger partial charge in [0.2, 0.25) is 0 Å². The number of alkyl carbamates (subject to hydrolysis) is 1. The number of hydrogen-bond donors (Lipinski definition) is 1. The van der Waals surface area contributed by atoms with Crippen molar-refractivity contribution in [2.45, 2.75) is 32.4 Å². The Morgan fingerprint density at radius 3 is 2.07 bits per heavy atom. The van der Waals surface area contributed by atoms with E-state index in [1.54, 1.807) is 20.8 Å². The smallest absolute Gasteiger partial charge is 0.408 e. The Morgan fingerprint density at radius 2 is 1.80 bits per heavy atom. The molecule has 85 valence electrons. The first-order valence-corrected chi connectivity index (χ1v) is 3.76. The summed E-state index contributed by atoms with van der Waals surface area (Å²) in [6.07, 6.45) is -0.823. The molecule has 0 aromatic rings. The van der Waals surface area contributed by atoms with Crippen molar-refractivity contribution in [3.05, 3.63) is 6.92 Å². The third-order valence-electron chi connectivity index (χ3n) is 0.975. The van der Waals surface area contributed by atoms with E-state index in [4.69, 9.17) is 4.74 Å². The van der Waals surface area contributed by atoms with Crippen LogP contribution in [0.3, 0.4) is 0 Å². The number of amides is 1. The molecule has 0 aliphatic rings. The zero-order valence-corrected chi connectivity index (χ0v) is 14.3. The van der Waals surface area contributed by atoms with Gasteiger partial charge in [-0.2, -0.15) is 0 Å². The van der Waals surface area contributed by atoms with E-state index in [1.165, 1.54) is 0 Å². The zero-order valence-electron chi connectivity index (χ0n) is 9.03. The van der Waals surface area contributed by atoms with Crippen LogP contribution < -0.4 is 10.4 Å². The van der Waals surface area contributed by atoms with Gasteiger partial charge in [-0.3, -0.25) is 0 Å². The Kier molecular flexibility index (Phi) is 11.3. The van der Waals surface area contributed by atoms with Crippen LogP contribution in [0.15, 0.2) is 0 Å². The van der Waals surface area contributed by atoms with Crippen molar-refractivity contribution in [3.63, 3.8) is 0 Å². The van der Waals surface area contributed by atoms with Crippen molar-refractivity contribution in [2.24, 2.45) is 0 Å². The number of carbonyl (C=O) groups is 2. The van der Waals surface area contributed by atoms with Crippen LogP contribution in [0, 0.1) is 6.92 Å². The predicted molar refractivity (Wildman–Crippen MR) is 58.9 cm³/mol. The van der Waals surface area contributed by atoms with E-state index in [0.717, 1.165) is 0 Å². The van der Waals surface area contributed by atoms with Crippen molar-refractivity contribution in [1.82, 2.24) is 5.32 Å². The summed E-state index contributed by atoms with van der Waals surface area (Å²) in [6, 6.07) is -1.30. The molecule has 0 fully saturated rings. The molecule has 1 radical (unpaired) electrons. The van der Waals surface area contributed by atoms with Crippen LogP contribution in [0.1, 0.15) is 20.8 Å². The van der Waals surface area contributed by atoms with Gasteiger partial charge in [0, 0.05) is 19.5 Å². The van der Waals surface area contributed by atoms with Gasteiger partial charge in [-0.05, 0) is 27.7 Å². The summed E-state index contributed by atoms with van der Waals surface area (Å²) in [4.78, 5) is 21.1. The Bertz CT molecular complexity index is 217. The largest absolute Gasteiger partial charge is 0.548 e. The number of hydrogen-bond acceptors (Lipinski definition) is 4. The molecule has 0 aromatic heterocycles. The van der Waals surface area contributed by atoms with Crippen LogP contribution in [0.25, 0.3) is 0 Å². The first-order valence-electron chi connectivity index (χ1n) is 3.76. The van der Waals surface area contributed by atoms with Crippen LogP contribution in [-0.2, 0) is 29.0 Å². The maximum atomic E-state index is 10.9. The molecule has 0 saturated heterocycles. The van der Waals surface area contributed by atoms with Gasteiger partial charge in [0.1, 0.15) is 5.60 Å². The van der Waals surface area contributed by atoms with Crippen molar-refractivity contribution < 1.29 is 38.9 Å². The predicted octanol–water partition coefficient (Wildman–Crippen LogP) is 0.0792. The first kappa shape index (κ1) is 20.5. The van der Waals surface area contributed by atoms with E-state index < -0.39 is 23.7 Å². The molecule has 15 heavy (non-hydrogen) atoms. The van der Waals surface area contributed by atoms with Crippen LogP contribution in [0.4, 0.5) is 4.79 Å². The van der Waals surface area contributed by atoms with Gasteiger partial charge >= 0.3 is 6.09 Å². The fourth-order valence-corrected chi connectivity index (χ4v) is 0.509. The molecule has 0 aliphatic heterocycles. The van der Waals surface area contributed by atoms with Gasteiger partial charge in [0.15, 0.2) is 0 Å². The van der Waals surface area contributed by atoms with Crippen LogP contribution in [0.5, 0.6) is 0 Å². The second-order valence-electron chi connectivity index (χ2n) is 3.52. The molecule has 0 spiro atoms. The van der Waals surface area contributed by atoms with Crippen LogP contribution in [-0.4, -0.2) is 23.7 Å². The van der Waals surface area contributed by atoms with Gasteiger partial charge in [-0.25, -0.2) is 4.79 Å². The third kappa shape index (κ3) is 12.0. The average Bonchev–Trinajstić information content (AvgIpc) is 1.81. The summed E-state index contributed by atoms with van der Waals surface area (Å²) in [5, 5.41) is 12.2. The number of nitrogens with one attached hydrogen (secondary N) is 1. The Hall–Kier alpha value is 0.0934. The molecule has 0 aromatic carbocycles. The minimum Gasteiger partial charge on any atom is -0.548 e. The molecule has 7 heteroatoms. The molecule has 5 nitrogen and oxygen atoms in total. The SMILES string of the molecule is I.[CH2][C@H](NC(=O)OC(C)(C)C)C(=O)[O-].[Zn]. The number of aliphatic carboxylic acids is 1. The maximum absolute atomic E-state index is 10.9. The quantitative estimate of drug-likeness (QED) is 0.544. The van der Waals surface area contributed by atoms with E-state index in [2.05, 4.69) is 6.92 Å². The fraction of sp³-hybridized carbons (Fsp3) is 0.625. The van der Waals surface area contributed by atoms with E-state index >= 15 is 0 Å². The maximum Gasteiger partial charge on any atom is 0.408 e. The summed E-state index contributed by atoms with van der Waals surface area (Å²) in [5.74, 6) is -1.45. The topological polar surface area (TPSA) is 78.5 Å². The molecule has 0 aliphatic carbocycles. The van der Waals surface area contributed by atoms with E-state index in [0.29, 0.717) is 0 Å². The summed E-state index contributed by atoms with van der Waals surface area (Å²) >= 11 is 0. The number of rotatable bonds is 2. The molecule has 0 heterocycles. The zero-order chi connectivity index (χ0) is 10.6. The summed E-state index contributed by atoms with van der Waals surface area (Å²) in [6.45, 7) is 8.14. The molecule has 1 amide bonds. The van der Waals surface area contributed by atoms with Gasteiger partial charge in [-0.15, -0.1) is 24.0 Å². The molecule has 0 saturated carbocycles. The van der Waals surface area contributed by atoms with E-state index in [1.807, 2.05) is 5.32 Å². The van der Waals surface area contributed by atoms with E-state index in [9.17, 15) is 14.7 Å². The second-order valence-corrected chi connectivity index (χ2v) is 3.52. The Morgan fingerprint density at radius 1 is 1.40 bits per heavy atom. The summed E-state index contributed by atoms with van der Waals surface area (Å²) in [7, 11) is 0. The summed E-state index contributed by atoms with van der Waals surface area (Å²) in [5.41, 5.74) is -0.657. The Labute approximate surface area is 119 Å². The number of carboxylic acid groups (broad SMARTS) is 1. The fourth-order valence-electron chi connectivity index (χ4n) is 0.509. The number of halogens is 1. The monoisotopic (exact) mass is 379 g/mol. The molecule has 0 unspecified atom stereocenters. The molecular formula is C8H14INO4Zn-. The van der Waals surface area contributed by atoms with Crippen molar-refractivity contribution in [3.8, 4) is 0 Å². The molecular weight excluding hydrogens is 366 g/mol. The van der Waals surface area contributed by atoms with Gasteiger partial charge in [-0.1, -0.05) is 0 Å². The first-order chi connectivity index (χ1) is 5.72. The number of carboxylic acids is 1. The summed E-state index contributed by atoms with van der Waals surface area (Å²) < 4.78 is 4.78. The standard InChI is InChI=1S/C8H14NO4.HI.Zn/c1-5(6(10)11)9-7(12)13-8(2,3)4;;/h5H,1H2,2-4H3,(H,9,12)(H,10,11);1H;/p-1/t5-;;/m0../s1. The molecule has 0 bridgehead atoms. The average molecular weight is 380 g/mol. The van der Waals surface area contributed by atoms with Crippen molar-refractivity contribution in [1.29, 1.82) is 0 Å². The van der Waals surface area contributed by atoms with Crippen molar-refractivity contribution >= 4 is 36.0 Å². The minimum atomic E-state index is -1.45. The number of carbonyl (C=O) groups excluding carboxylic acids is 2. The van der Waals surface area contributed by atoms with Gasteiger partial charge in [0.05, 0.1) is 12.0 Å². The van der Waals surface area contributed by atoms with Crippen molar-refractivity contribution in [2.75, 3.05) is 0 Å². The van der Waals surface area contributed by atoms with Gasteiger partial charge in [0.25, 0.3) is 0 Å². The molecule has 0 rings (SSSR count). The normalized spacial score (nSPS) is 11.5. The van der Waals surface area contributed by atoms with Crippen LogP contribution in [0.2, 0.25) is 0 Å².